The second-order valence-electron chi connectivity index (χ2n) is 5.55. The molecule has 3 heteroatoms. The molecule has 0 N–H and O–H groups in total. The van der Waals surface area contributed by atoms with Crippen molar-refractivity contribution in [3.8, 4) is 0 Å². The van der Waals surface area contributed by atoms with E-state index in [0.717, 1.165) is 4.90 Å². The maximum Gasteiger partial charge on any atom is 0.239 e. The fourth-order valence-corrected chi connectivity index (χ4v) is 4.05. The van der Waals surface area contributed by atoms with Crippen molar-refractivity contribution in [3.05, 3.63) is 66.2 Å². The van der Waals surface area contributed by atoms with E-state index in [-0.39, 0.29) is 23.2 Å². The van der Waals surface area contributed by atoms with Gasteiger partial charge in [0.15, 0.2) is 0 Å². The van der Waals surface area contributed by atoms with E-state index in [9.17, 15) is 4.79 Å². The molecule has 108 valence electrons. The van der Waals surface area contributed by atoms with Crippen LogP contribution in [0.3, 0.4) is 0 Å². The minimum Gasteiger partial charge on any atom is -0.331 e. The molecular weight excluding hydrogens is 278 g/mol. The molecule has 2 atom stereocenters. The lowest BCUT2D eigenvalue weighted by molar-refractivity contribution is -0.147. The molecule has 0 aromatic heterocycles. The van der Waals surface area contributed by atoms with Gasteiger partial charge in [-0.25, -0.2) is 0 Å². The lowest BCUT2D eigenvalue weighted by Crippen LogP contribution is -2.59. The molecule has 2 nitrogen and oxygen atoms in total. The molecule has 0 saturated carbocycles. The number of carbonyl (C=O) groups excluding carboxylic acids is 1. The van der Waals surface area contributed by atoms with Gasteiger partial charge in [-0.2, -0.15) is 0 Å². The first kappa shape index (κ1) is 14.2. The Morgan fingerprint density at radius 3 is 2.10 bits per heavy atom. The predicted molar refractivity (Wildman–Crippen MR) is 87.3 cm³/mol. The van der Waals surface area contributed by atoms with Crippen molar-refractivity contribution in [1.29, 1.82) is 0 Å². The minimum atomic E-state index is -0.0165. The molecule has 1 fully saturated rings. The first-order valence-corrected chi connectivity index (χ1v) is 8.15. The molecule has 1 saturated heterocycles. The van der Waals surface area contributed by atoms with E-state index in [1.165, 1.54) is 5.56 Å². The minimum absolute atomic E-state index is 0.0165. The molecule has 3 rings (SSSR count). The molecule has 1 heterocycles. The highest BCUT2D eigenvalue weighted by Crippen LogP contribution is 2.45. The molecule has 0 unspecified atom stereocenters. The first-order valence-electron chi connectivity index (χ1n) is 7.27. The van der Waals surface area contributed by atoms with Crippen molar-refractivity contribution in [3.63, 3.8) is 0 Å². The average molecular weight is 297 g/mol. The van der Waals surface area contributed by atoms with E-state index in [2.05, 4.69) is 38.1 Å². The van der Waals surface area contributed by atoms with Crippen molar-refractivity contribution < 1.29 is 4.79 Å². The lowest BCUT2D eigenvalue weighted by Gasteiger charge is -2.49. The maximum atomic E-state index is 12.5. The number of hydrogen-bond donors (Lipinski definition) is 0. The van der Waals surface area contributed by atoms with Crippen LogP contribution in [-0.4, -0.2) is 22.1 Å². The summed E-state index contributed by atoms with van der Waals surface area (Å²) in [5.41, 5.74) is 1.22. The number of thioether (sulfide) groups is 1. The third-order valence-corrected chi connectivity index (χ3v) is 5.05. The molecule has 2 aromatic carbocycles. The smallest absolute Gasteiger partial charge is 0.239 e. The Labute approximate surface area is 130 Å². The number of rotatable bonds is 4. The van der Waals surface area contributed by atoms with E-state index in [1.54, 1.807) is 11.8 Å². The van der Waals surface area contributed by atoms with Crippen molar-refractivity contribution in [1.82, 2.24) is 4.90 Å². The number of nitrogens with zero attached hydrogens (tertiary/aromatic N) is 1. The van der Waals surface area contributed by atoms with Crippen LogP contribution < -0.4 is 0 Å². The van der Waals surface area contributed by atoms with Crippen LogP contribution in [0.1, 0.15) is 25.5 Å². The van der Waals surface area contributed by atoms with Gasteiger partial charge in [-0.3, -0.25) is 4.79 Å². The van der Waals surface area contributed by atoms with Crippen LogP contribution in [0, 0.1) is 0 Å². The summed E-state index contributed by atoms with van der Waals surface area (Å²) in [4.78, 5) is 15.6. The van der Waals surface area contributed by atoms with Crippen LogP contribution in [0.5, 0.6) is 0 Å². The molecule has 0 aliphatic carbocycles. The third-order valence-electron chi connectivity index (χ3n) is 3.79. The van der Waals surface area contributed by atoms with Crippen LogP contribution in [0.2, 0.25) is 0 Å². The maximum absolute atomic E-state index is 12.5. The standard InChI is InChI=1S/C18H19NOS/c1-13(2)19-16(14-9-5-3-6-10-14)17(18(19)20)21-15-11-7-4-8-12-15/h3-13,16-17H,1-2H3/t16-,17-/m1/s1. The molecule has 1 aliphatic heterocycles. The Balaban J connectivity index is 1.87. The van der Waals surface area contributed by atoms with E-state index in [1.807, 2.05) is 41.3 Å². The van der Waals surface area contributed by atoms with Crippen LogP contribution in [-0.2, 0) is 4.79 Å². The summed E-state index contributed by atoms with van der Waals surface area (Å²) in [6.45, 7) is 4.16. The summed E-state index contributed by atoms with van der Waals surface area (Å²) in [5, 5.41) is -0.0165. The second kappa shape index (κ2) is 5.94. The molecule has 0 radical (unpaired) electrons. The van der Waals surface area contributed by atoms with Gasteiger partial charge in [0.1, 0.15) is 5.25 Å². The fourth-order valence-electron chi connectivity index (χ4n) is 2.80. The number of carbonyl (C=O) groups is 1. The SMILES string of the molecule is CC(C)N1C(=O)[C@H](Sc2ccccc2)[C@H]1c1ccccc1. The largest absolute Gasteiger partial charge is 0.331 e. The summed E-state index contributed by atoms with van der Waals surface area (Å²) in [5.74, 6) is 0.243. The normalized spacial score (nSPS) is 21.5. The van der Waals surface area contributed by atoms with E-state index in [4.69, 9.17) is 0 Å². The zero-order chi connectivity index (χ0) is 14.8. The molecule has 0 bridgehead atoms. The quantitative estimate of drug-likeness (QED) is 0.791. The van der Waals surface area contributed by atoms with Crippen LogP contribution in [0.4, 0.5) is 0 Å². The summed E-state index contributed by atoms with van der Waals surface area (Å²) < 4.78 is 0. The first-order chi connectivity index (χ1) is 10.2. The summed E-state index contributed by atoms with van der Waals surface area (Å²) in [6.07, 6.45) is 0. The summed E-state index contributed by atoms with van der Waals surface area (Å²) in [7, 11) is 0. The van der Waals surface area contributed by atoms with E-state index < -0.39 is 0 Å². The highest BCUT2D eigenvalue weighted by atomic mass is 32.2. The summed E-state index contributed by atoms with van der Waals surface area (Å²) >= 11 is 1.67. The Hall–Kier alpha value is -1.74. The molecule has 2 aromatic rings. The van der Waals surface area contributed by atoms with Gasteiger partial charge >= 0.3 is 0 Å². The third kappa shape index (κ3) is 2.70. The summed E-state index contributed by atoms with van der Waals surface area (Å²) in [6, 6.07) is 20.9. The zero-order valence-corrected chi connectivity index (χ0v) is 13.1. The Bertz CT molecular complexity index is 612. The van der Waals surface area contributed by atoms with Gasteiger partial charge in [-0.15, -0.1) is 11.8 Å². The van der Waals surface area contributed by atoms with Crippen LogP contribution in [0.25, 0.3) is 0 Å². The topological polar surface area (TPSA) is 20.3 Å². The number of amides is 1. The van der Waals surface area contributed by atoms with Crippen LogP contribution in [0.15, 0.2) is 65.6 Å². The van der Waals surface area contributed by atoms with Gasteiger partial charge in [0.2, 0.25) is 5.91 Å². The lowest BCUT2D eigenvalue weighted by atomic mass is 9.91. The highest BCUT2D eigenvalue weighted by molar-refractivity contribution is 8.00. The monoisotopic (exact) mass is 297 g/mol. The van der Waals surface area contributed by atoms with Crippen molar-refractivity contribution in [2.75, 3.05) is 0 Å². The van der Waals surface area contributed by atoms with Gasteiger partial charge < -0.3 is 4.90 Å². The fraction of sp³-hybridized carbons (Fsp3) is 0.278. The van der Waals surface area contributed by atoms with Crippen molar-refractivity contribution in [2.24, 2.45) is 0 Å². The van der Waals surface area contributed by atoms with E-state index in [0.29, 0.717) is 0 Å². The van der Waals surface area contributed by atoms with Gasteiger partial charge in [0.25, 0.3) is 0 Å². The average Bonchev–Trinajstić information content (AvgIpc) is 2.51. The Morgan fingerprint density at radius 2 is 1.52 bits per heavy atom. The van der Waals surface area contributed by atoms with Gasteiger partial charge in [0, 0.05) is 10.9 Å². The van der Waals surface area contributed by atoms with Gasteiger partial charge in [0.05, 0.1) is 6.04 Å². The van der Waals surface area contributed by atoms with E-state index >= 15 is 0 Å². The highest BCUT2D eigenvalue weighted by Gasteiger charge is 2.49. The van der Waals surface area contributed by atoms with Gasteiger partial charge in [-0.05, 0) is 31.5 Å². The van der Waals surface area contributed by atoms with Crippen molar-refractivity contribution in [2.45, 2.75) is 36.1 Å². The van der Waals surface area contributed by atoms with Crippen LogP contribution >= 0.6 is 11.8 Å². The van der Waals surface area contributed by atoms with Crippen molar-refractivity contribution >= 4 is 17.7 Å². The molecule has 1 amide bonds. The Kier molecular flexibility index (Phi) is 4.02. The number of likely N-dealkylation sites (tertiary alicyclic amines) is 1. The molecule has 0 spiro atoms. The molecular formula is C18H19NOS. The second-order valence-corrected chi connectivity index (χ2v) is 6.76. The predicted octanol–water partition coefficient (Wildman–Crippen LogP) is 4.14. The molecule has 1 aliphatic rings. The molecule has 21 heavy (non-hydrogen) atoms. The number of β-lactam (4-membered cyclic amide) rings is 1. The number of hydrogen-bond acceptors (Lipinski definition) is 2. The zero-order valence-electron chi connectivity index (χ0n) is 12.3. The Morgan fingerprint density at radius 1 is 0.952 bits per heavy atom. The number of benzene rings is 2. The van der Waals surface area contributed by atoms with Gasteiger partial charge in [-0.1, -0.05) is 48.5 Å².